The fourth-order valence-electron chi connectivity index (χ4n) is 1.15. The number of hydrogen-bond donors (Lipinski definition) is 1. The van der Waals surface area contributed by atoms with Gasteiger partial charge in [0, 0.05) is 6.54 Å². The summed E-state index contributed by atoms with van der Waals surface area (Å²) in [5.74, 6) is 1.08. The van der Waals surface area contributed by atoms with Gasteiger partial charge in [-0.2, -0.15) is 0 Å². The average molecular weight is 234 g/mol. The molecule has 1 N–H and O–H groups in total. The highest BCUT2D eigenvalue weighted by atomic mass is 79.9. The van der Waals surface area contributed by atoms with E-state index in [2.05, 4.69) is 21.2 Å². The zero-order chi connectivity index (χ0) is 8.97. The van der Waals surface area contributed by atoms with Crippen LogP contribution >= 0.6 is 15.9 Å². The second-order valence-electron chi connectivity index (χ2n) is 3.49. The van der Waals surface area contributed by atoms with E-state index in [0.29, 0.717) is 0 Å². The predicted octanol–water partition coefficient (Wildman–Crippen LogP) is 2.08. The maximum atomic E-state index is 11.0. The summed E-state index contributed by atoms with van der Waals surface area (Å²) in [7, 11) is 0. The fraction of sp³-hybridized carbons (Fsp3) is 0.889. The topological polar surface area (TPSA) is 29.1 Å². The molecule has 0 heterocycles. The molecule has 0 aromatic rings. The van der Waals surface area contributed by atoms with Gasteiger partial charge < -0.3 is 5.32 Å². The molecule has 70 valence electrons. The molecule has 1 atom stereocenters. The van der Waals surface area contributed by atoms with Crippen LogP contribution in [0.1, 0.15) is 32.6 Å². The largest absolute Gasteiger partial charge is 0.355 e. The molecule has 12 heavy (non-hydrogen) atoms. The summed E-state index contributed by atoms with van der Waals surface area (Å²) in [4.78, 5) is 11.0. The van der Waals surface area contributed by atoms with Crippen molar-refractivity contribution in [3.63, 3.8) is 0 Å². The second-order valence-corrected chi connectivity index (χ2v) is 4.87. The van der Waals surface area contributed by atoms with Gasteiger partial charge in [-0.25, -0.2) is 0 Å². The highest BCUT2D eigenvalue weighted by Gasteiger charge is 2.20. The maximum Gasteiger partial charge on any atom is 0.233 e. The Balaban J connectivity index is 1.90. The lowest BCUT2D eigenvalue weighted by Crippen LogP contribution is -2.30. The van der Waals surface area contributed by atoms with Crippen LogP contribution in [0.2, 0.25) is 0 Å². The van der Waals surface area contributed by atoms with Crippen LogP contribution in [0.15, 0.2) is 0 Å². The SMILES string of the molecule is CC(Br)C(=O)NCCCC1CC1. The molecule has 0 aliphatic heterocycles. The summed E-state index contributed by atoms with van der Waals surface area (Å²) in [6.45, 7) is 2.68. The van der Waals surface area contributed by atoms with Crippen LogP contribution in [-0.2, 0) is 4.79 Å². The first-order valence-corrected chi connectivity index (χ1v) is 5.53. The molecule has 0 aromatic heterocycles. The monoisotopic (exact) mass is 233 g/mol. The smallest absolute Gasteiger partial charge is 0.233 e. The number of halogens is 1. The number of carbonyl (C=O) groups excluding carboxylic acids is 1. The minimum atomic E-state index is -0.0570. The van der Waals surface area contributed by atoms with Crippen molar-refractivity contribution < 1.29 is 4.79 Å². The molecule has 2 nitrogen and oxygen atoms in total. The minimum absolute atomic E-state index is 0.0570. The van der Waals surface area contributed by atoms with Crippen molar-refractivity contribution in [2.24, 2.45) is 5.92 Å². The number of amides is 1. The highest BCUT2D eigenvalue weighted by molar-refractivity contribution is 9.10. The van der Waals surface area contributed by atoms with E-state index >= 15 is 0 Å². The third-order valence-electron chi connectivity index (χ3n) is 2.15. The van der Waals surface area contributed by atoms with E-state index in [1.807, 2.05) is 6.92 Å². The molecular weight excluding hydrogens is 218 g/mol. The van der Waals surface area contributed by atoms with Crippen molar-refractivity contribution >= 4 is 21.8 Å². The molecule has 3 heteroatoms. The van der Waals surface area contributed by atoms with Crippen LogP contribution < -0.4 is 5.32 Å². The van der Waals surface area contributed by atoms with Gasteiger partial charge >= 0.3 is 0 Å². The van der Waals surface area contributed by atoms with Crippen LogP contribution in [0.3, 0.4) is 0 Å². The Kier molecular flexibility index (Phi) is 4.06. The number of alkyl halides is 1. The minimum Gasteiger partial charge on any atom is -0.355 e. The summed E-state index contributed by atoms with van der Waals surface area (Å²) < 4.78 is 0. The summed E-state index contributed by atoms with van der Waals surface area (Å²) in [6.07, 6.45) is 5.23. The van der Waals surface area contributed by atoms with Crippen molar-refractivity contribution in [3.8, 4) is 0 Å². The van der Waals surface area contributed by atoms with Crippen molar-refractivity contribution in [2.75, 3.05) is 6.54 Å². The van der Waals surface area contributed by atoms with Crippen molar-refractivity contribution in [3.05, 3.63) is 0 Å². The summed E-state index contributed by atoms with van der Waals surface area (Å²) in [5, 5.41) is 2.88. The van der Waals surface area contributed by atoms with Crippen LogP contribution in [0.25, 0.3) is 0 Å². The lowest BCUT2D eigenvalue weighted by atomic mass is 10.2. The third-order valence-corrected chi connectivity index (χ3v) is 2.56. The Morgan fingerprint density at radius 2 is 2.33 bits per heavy atom. The Morgan fingerprint density at radius 1 is 1.67 bits per heavy atom. The van der Waals surface area contributed by atoms with E-state index in [1.54, 1.807) is 0 Å². The molecule has 1 rings (SSSR count). The lowest BCUT2D eigenvalue weighted by molar-refractivity contribution is -0.120. The van der Waals surface area contributed by atoms with Crippen molar-refractivity contribution in [2.45, 2.75) is 37.4 Å². The maximum absolute atomic E-state index is 11.0. The van der Waals surface area contributed by atoms with Gasteiger partial charge in [0.15, 0.2) is 0 Å². The molecule has 0 spiro atoms. The Hall–Kier alpha value is -0.0500. The highest BCUT2D eigenvalue weighted by Crippen LogP contribution is 2.33. The molecule has 0 radical (unpaired) electrons. The quantitative estimate of drug-likeness (QED) is 0.572. The summed E-state index contributed by atoms with van der Waals surface area (Å²) in [5.41, 5.74) is 0. The van der Waals surface area contributed by atoms with Gasteiger partial charge in [-0.1, -0.05) is 28.8 Å². The lowest BCUT2D eigenvalue weighted by Gasteiger charge is -2.05. The van der Waals surface area contributed by atoms with Crippen molar-refractivity contribution in [1.29, 1.82) is 0 Å². The van der Waals surface area contributed by atoms with E-state index in [9.17, 15) is 4.79 Å². The molecule has 0 aromatic carbocycles. The second kappa shape index (κ2) is 4.85. The van der Waals surface area contributed by atoms with Gasteiger partial charge in [0.25, 0.3) is 0 Å². The number of hydrogen-bond acceptors (Lipinski definition) is 1. The van der Waals surface area contributed by atoms with Crippen LogP contribution in [0.5, 0.6) is 0 Å². The molecular formula is C9H16BrNO. The zero-order valence-electron chi connectivity index (χ0n) is 7.48. The molecule has 1 aliphatic rings. The third kappa shape index (κ3) is 4.10. The Bertz CT molecular complexity index is 155. The van der Waals surface area contributed by atoms with E-state index in [1.165, 1.54) is 19.3 Å². The first-order chi connectivity index (χ1) is 5.70. The number of rotatable bonds is 5. The molecule has 1 fully saturated rings. The van der Waals surface area contributed by atoms with Gasteiger partial charge in [-0.05, 0) is 25.7 Å². The predicted molar refractivity (Wildman–Crippen MR) is 53.4 cm³/mol. The van der Waals surface area contributed by atoms with Crippen LogP contribution in [0, 0.1) is 5.92 Å². The van der Waals surface area contributed by atoms with E-state index in [4.69, 9.17) is 0 Å². The van der Waals surface area contributed by atoms with Crippen molar-refractivity contribution in [1.82, 2.24) is 5.32 Å². The van der Waals surface area contributed by atoms with Crippen LogP contribution in [0.4, 0.5) is 0 Å². The zero-order valence-corrected chi connectivity index (χ0v) is 9.06. The molecule has 1 aliphatic carbocycles. The summed E-state index contributed by atoms with van der Waals surface area (Å²) >= 11 is 3.22. The Labute approximate surface area is 82.2 Å². The van der Waals surface area contributed by atoms with E-state index in [0.717, 1.165) is 18.9 Å². The van der Waals surface area contributed by atoms with Gasteiger partial charge in [0.2, 0.25) is 5.91 Å². The van der Waals surface area contributed by atoms with E-state index in [-0.39, 0.29) is 10.7 Å². The van der Waals surface area contributed by atoms with Crippen LogP contribution in [-0.4, -0.2) is 17.3 Å². The molecule has 0 saturated heterocycles. The fourth-order valence-corrected chi connectivity index (χ4v) is 1.31. The van der Waals surface area contributed by atoms with Gasteiger partial charge in [-0.3, -0.25) is 4.79 Å². The van der Waals surface area contributed by atoms with E-state index < -0.39 is 0 Å². The standard InChI is InChI=1S/C9H16BrNO/c1-7(10)9(12)11-6-2-3-8-4-5-8/h7-8H,2-6H2,1H3,(H,11,12). The van der Waals surface area contributed by atoms with Gasteiger partial charge in [0.05, 0.1) is 4.83 Å². The number of nitrogens with one attached hydrogen (secondary N) is 1. The molecule has 1 amide bonds. The van der Waals surface area contributed by atoms with Gasteiger partial charge in [0.1, 0.15) is 0 Å². The molecule has 0 bridgehead atoms. The average Bonchev–Trinajstić information content (AvgIpc) is 2.80. The number of carbonyl (C=O) groups is 1. The first-order valence-electron chi connectivity index (χ1n) is 4.62. The summed E-state index contributed by atoms with van der Waals surface area (Å²) in [6, 6.07) is 0. The normalized spacial score (nSPS) is 18.8. The first kappa shape index (κ1) is 10.0. The Morgan fingerprint density at radius 3 is 2.83 bits per heavy atom. The molecule has 1 saturated carbocycles. The molecule has 1 unspecified atom stereocenters. The van der Waals surface area contributed by atoms with Gasteiger partial charge in [-0.15, -0.1) is 0 Å².